The highest BCUT2D eigenvalue weighted by molar-refractivity contribution is 5.85. The summed E-state index contributed by atoms with van der Waals surface area (Å²) in [5, 5.41) is 6.12. The van der Waals surface area contributed by atoms with Gasteiger partial charge >= 0.3 is 0 Å². The molecule has 1 heterocycles. The largest absolute Gasteiger partial charge is 0.492 e. The number of para-hydroxylation sites is 1. The minimum Gasteiger partial charge on any atom is -0.492 e. The Morgan fingerprint density at radius 2 is 2.11 bits per heavy atom. The third-order valence-electron chi connectivity index (χ3n) is 3.04. The van der Waals surface area contributed by atoms with E-state index in [1.165, 1.54) is 6.42 Å². The quantitative estimate of drug-likeness (QED) is 0.810. The molecule has 2 rings (SSSR count). The van der Waals surface area contributed by atoms with Crippen LogP contribution < -0.4 is 15.4 Å². The summed E-state index contributed by atoms with van der Waals surface area (Å²) in [6.45, 7) is 1.99. The molecule has 1 aliphatic rings. The number of halogens is 1. The molecule has 1 aromatic rings. The molecule has 4 nitrogen and oxygen atoms in total. The summed E-state index contributed by atoms with van der Waals surface area (Å²) in [5.41, 5.74) is 0. The van der Waals surface area contributed by atoms with E-state index in [4.69, 9.17) is 4.74 Å². The third kappa shape index (κ3) is 5.49. The first-order valence-electron chi connectivity index (χ1n) is 6.55. The van der Waals surface area contributed by atoms with Crippen LogP contribution in [-0.4, -0.2) is 31.6 Å². The van der Waals surface area contributed by atoms with Crippen LogP contribution in [0.15, 0.2) is 30.3 Å². The number of carbonyl (C=O) groups is 1. The Balaban J connectivity index is 0.00000180. The fraction of sp³-hybridized carbons (Fsp3) is 0.500. The Bertz CT molecular complexity index is 367. The normalized spacial score (nSPS) is 18.2. The Hall–Kier alpha value is -1.26. The van der Waals surface area contributed by atoms with Gasteiger partial charge < -0.3 is 15.4 Å². The second-order valence-corrected chi connectivity index (χ2v) is 4.46. The maximum absolute atomic E-state index is 11.8. The van der Waals surface area contributed by atoms with Gasteiger partial charge in [0.1, 0.15) is 12.4 Å². The summed E-state index contributed by atoms with van der Waals surface area (Å²) in [4.78, 5) is 11.8. The summed E-state index contributed by atoms with van der Waals surface area (Å²) in [6.07, 6.45) is 3.23. The summed E-state index contributed by atoms with van der Waals surface area (Å²) in [7, 11) is 0. The molecule has 106 valence electrons. The second-order valence-electron chi connectivity index (χ2n) is 4.46. The fourth-order valence-corrected chi connectivity index (χ4v) is 2.06. The number of hydrogen-bond acceptors (Lipinski definition) is 3. The highest BCUT2D eigenvalue weighted by Crippen LogP contribution is 2.08. The lowest BCUT2D eigenvalue weighted by Gasteiger charge is -2.22. The van der Waals surface area contributed by atoms with Crippen LogP contribution in [0.5, 0.6) is 5.75 Å². The predicted octanol–water partition coefficient (Wildman–Crippen LogP) is 1.75. The first-order chi connectivity index (χ1) is 8.86. The molecule has 1 amide bonds. The summed E-state index contributed by atoms with van der Waals surface area (Å²) >= 11 is 0. The molecule has 0 radical (unpaired) electrons. The van der Waals surface area contributed by atoms with Crippen molar-refractivity contribution in [1.82, 2.24) is 10.6 Å². The van der Waals surface area contributed by atoms with Gasteiger partial charge in [-0.15, -0.1) is 12.4 Å². The van der Waals surface area contributed by atoms with E-state index in [1.807, 2.05) is 30.3 Å². The minimum atomic E-state index is -0.0181. The first kappa shape index (κ1) is 15.8. The minimum absolute atomic E-state index is 0. The van der Waals surface area contributed by atoms with Crippen LogP contribution in [0.3, 0.4) is 0 Å². The number of rotatable bonds is 5. The summed E-state index contributed by atoms with van der Waals surface area (Å²) < 4.78 is 5.51. The van der Waals surface area contributed by atoms with Gasteiger partial charge in [-0.1, -0.05) is 24.6 Å². The van der Waals surface area contributed by atoms with Crippen molar-refractivity contribution in [2.45, 2.75) is 25.3 Å². The lowest BCUT2D eigenvalue weighted by molar-refractivity contribution is -0.123. The van der Waals surface area contributed by atoms with E-state index in [0.29, 0.717) is 13.2 Å². The van der Waals surface area contributed by atoms with E-state index >= 15 is 0 Å². The highest BCUT2D eigenvalue weighted by atomic mass is 35.5. The van der Waals surface area contributed by atoms with Crippen LogP contribution in [-0.2, 0) is 4.79 Å². The number of piperidine rings is 1. The van der Waals surface area contributed by atoms with Crippen molar-refractivity contribution in [2.75, 3.05) is 19.7 Å². The summed E-state index contributed by atoms with van der Waals surface area (Å²) in [6, 6.07) is 9.61. The zero-order valence-electron chi connectivity index (χ0n) is 10.9. The molecule has 2 N–H and O–H groups in total. The van der Waals surface area contributed by atoms with E-state index < -0.39 is 0 Å². The molecular weight excluding hydrogens is 264 g/mol. The number of hydrogen-bond donors (Lipinski definition) is 2. The molecule has 1 atom stereocenters. The van der Waals surface area contributed by atoms with Gasteiger partial charge in [0.05, 0.1) is 12.6 Å². The van der Waals surface area contributed by atoms with Crippen LogP contribution >= 0.6 is 12.4 Å². The Morgan fingerprint density at radius 1 is 1.32 bits per heavy atom. The van der Waals surface area contributed by atoms with Crippen molar-refractivity contribution < 1.29 is 9.53 Å². The van der Waals surface area contributed by atoms with Crippen molar-refractivity contribution in [3.05, 3.63) is 30.3 Å². The standard InChI is InChI=1S/C14H20N2O2.ClH/c17-14(13-8-4-5-9-15-13)16-10-11-18-12-6-2-1-3-7-12;/h1-3,6-7,13,15H,4-5,8-11H2,(H,16,17);1H/t13-;/m1./s1. The zero-order valence-corrected chi connectivity index (χ0v) is 11.7. The fourth-order valence-electron chi connectivity index (χ4n) is 2.06. The van der Waals surface area contributed by atoms with E-state index in [0.717, 1.165) is 25.1 Å². The van der Waals surface area contributed by atoms with Crippen molar-refractivity contribution in [2.24, 2.45) is 0 Å². The molecule has 0 saturated carbocycles. The van der Waals surface area contributed by atoms with Crippen LogP contribution in [0.25, 0.3) is 0 Å². The van der Waals surface area contributed by atoms with Gasteiger partial charge in [-0.25, -0.2) is 0 Å². The topological polar surface area (TPSA) is 50.4 Å². The Morgan fingerprint density at radius 3 is 2.79 bits per heavy atom. The molecule has 1 fully saturated rings. The SMILES string of the molecule is Cl.O=C(NCCOc1ccccc1)[C@H]1CCCCN1. The van der Waals surface area contributed by atoms with Crippen molar-refractivity contribution in [1.29, 1.82) is 0 Å². The van der Waals surface area contributed by atoms with Crippen molar-refractivity contribution in [3.8, 4) is 5.75 Å². The van der Waals surface area contributed by atoms with Gasteiger partial charge in [-0.2, -0.15) is 0 Å². The molecule has 1 aromatic carbocycles. The summed E-state index contributed by atoms with van der Waals surface area (Å²) in [5.74, 6) is 0.925. The molecular formula is C14H21ClN2O2. The molecule has 1 saturated heterocycles. The third-order valence-corrected chi connectivity index (χ3v) is 3.04. The Labute approximate surface area is 120 Å². The van der Waals surface area contributed by atoms with E-state index in [9.17, 15) is 4.79 Å². The van der Waals surface area contributed by atoms with Crippen molar-refractivity contribution >= 4 is 18.3 Å². The van der Waals surface area contributed by atoms with Gasteiger partial charge in [0.2, 0.25) is 5.91 Å². The second kappa shape index (κ2) is 8.77. The maximum Gasteiger partial charge on any atom is 0.237 e. The van der Waals surface area contributed by atoms with Crippen LogP contribution in [0.4, 0.5) is 0 Å². The molecule has 0 aliphatic carbocycles. The molecule has 0 bridgehead atoms. The van der Waals surface area contributed by atoms with E-state index in [-0.39, 0.29) is 24.4 Å². The van der Waals surface area contributed by atoms with Gasteiger partial charge in [0.25, 0.3) is 0 Å². The van der Waals surface area contributed by atoms with Crippen LogP contribution in [0.2, 0.25) is 0 Å². The average molecular weight is 285 g/mol. The Kier molecular flexibility index (Phi) is 7.30. The van der Waals surface area contributed by atoms with Crippen LogP contribution in [0.1, 0.15) is 19.3 Å². The number of nitrogens with one attached hydrogen (secondary N) is 2. The molecule has 0 aromatic heterocycles. The average Bonchev–Trinajstić information content (AvgIpc) is 2.45. The van der Waals surface area contributed by atoms with Gasteiger partial charge in [0, 0.05) is 0 Å². The lowest BCUT2D eigenvalue weighted by Crippen LogP contribution is -2.47. The monoisotopic (exact) mass is 284 g/mol. The van der Waals surface area contributed by atoms with Crippen LogP contribution in [0, 0.1) is 0 Å². The van der Waals surface area contributed by atoms with E-state index in [1.54, 1.807) is 0 Å². The number of amides is 1. The van der Waals surface area contributed by atoms with Crippen molar-refractivity contribution in [3.63, 3.8) is 0 Å². The van der Waals surface area contributed by atoms with E-state index in [2.05, 4.69) is 10.6 Å². The smallest absolute Gasteiger partial charge is 0.237 e. The molecule has 0 unspecified atom stereocenters. The first-order valence-corrected chi connectivity index (χ1v) is 6.55. The predicted molar refractivity (Wildman–Crippen MR) is 77.8 cm³/mol. The molecule has 5 heteroatoms. The van der Waals surface area contributed by atoms with Gasteiger partial charge in [0.15, 0.2) is 0 Å². The highest BCUT2D eigenvalue weighted by Gasteiger charge is 2.19. The number of benzene rings is 1. The molecule has 1 aliphatic heterocycles. The lowest BCUT2D eigenvalue weighted by atomic mass is 10.0. The zero-order chi connectivity index (χ0) is 12.6. The van der Waals surface area contributed by atoms with Gasteiger partial charge in [-0.05, 0) is 31.5 Å². The van der Waals surface area contributed by atoms with Gasteiger partial charge in [-0.3, -0.25) is 4.79 Å². The number of ether oxygens (including phenoxy) is 1. The maximum atomic E-state index is 11.8. The molecule has 19 heavy (non-hydrogen) atoms. The number of carbonyl (C=O) groups excluding carboxylic acids is 1. The molecule has 0 spiro atoms.